The van der Waals surface area contributed by atoms with Gasteiger partial charge in [0.2, 0.25) is 0 Å². The Kier molecular flexibility index (Phi) is 3.90. The standard InChI is InChI=1S/C15H19FO3/c1-8-6-10(7-9(2)13(8)16)14(17)11-4-3-5-12(11)15(18)19/h6-7,11-12,14,17H,3-5H2,1-2H3,(H,18,19). The molecule has 0 aliphatic heterocycles. The molecule has 3 nitrogen and oxygen atoms in total. The molecule has 1 aliphatic rings. The van der Waals surface area contributed by atoms with E-state index in [-0.39, 0.29) is 11.7 Å². The third kappa shape index (κ3) is 2.63. The van der Waals surface area contributed by atoms with Crippen LogP contribution in [0.1, 0.15) is 42.1 Å². The van der Waals surface area contributed by atoms with Gasteiger partial charge in [0.05, 0.1) is 12.0 Å². The molecule has 1 aromatic rings. The number of aryl methyl sites for hydroxylation is 2. The second-order valence-electron chi connectivity index (χ2n) is 5.45. The summed E-state index contributed by atoms with van der Waals surface area (Å²) in [7, 11) is 0. The van der Waals surface area contributed by atoms with Crippen LogP contribution in [0, 0.1) is 31.5 Å². The van der Waals surface area contributed by atoms with Crippen molar-refractivity contribution in [3.63, 3.8) is 0 Å². The summed E-state index contributed by atoms with van der Waals surface area (Å²) in [5, 5.41) is 19.6. The molecule has 3 unspecified atom stereocenters. The van der Waals surface area contributed by atoms with Crippen LogP contribution in [-0.2, 0) is 4.79 Å². The fourth-order valence-electron chi connectivity index (χ4n) is 3.07. The molecule has 0 bridgehead atoms. The Morgan fingerprint density at radius 1 is 1.32 bits per heavy atom. The Labute approximate surface area is 112 Å². The second kappa shape index (κ2) is 5.29. The summed E-state index contributed by atoms with van der Waals surface area (Å²) >= 11 is 0. The van der Waals surface area contributed by atoms with Crippen molar-refractivity contribution in [2.75, 3.05) is 0 Å². The molecular weight excluding hydrogens is 247 g/mol. The molecular formula is C15H19FO3. The Bertz CT molecular complexity index is 475. The fourth-order valence-corrected chi connectivity index (χ4v) is 3.07. The highest BCUT2D eigenvalue weighted by molar-refractivity contribution is 5.70. The van der Waals surface area contributed by atoms with Gasteiger partial charge in [-0.05, 0) is 43.4 Å². The van der Waals surface area contributed by atoms with Crippen molar-refractivity contribution in [2.45, 2.75) is 39.2 Å². The quantitative estimate of drug-likeness (QED) is 0.884. The molecule has 3 atom stereocenters. The molecule has 0 heterocycles. The van der Waals surface area contributed by atoms with Gasteiger partial charge in [0.15, 0.2) is 0 Å². The van der Waals surface area contributed by atoms with E-state index in [1.165, 1.54) is 0 Å². The molecule has 104 valence electrons. The minimum atomic E-state index is -0.850. The predicted molar refractivity (Wildman–Crippen MR) is 69.3 cm³/mol. The largest absolute Gasteiger partial charge is 0.481 e. The maximum atomic E-state index is 13.6. The van der Waals surface area contributed by atoms with Gasteiger partial charge >= 0.3 is 5.97 Å². The molecule has 0 radical (unpaired) electrons. The lowest BCUT2D eigenvalue weighted by Crippen LogP contribution is -2.24. The van der Waals surface area contributed by atoms with Crippen LogP contribution in [0.4, 0.5) is 4.39 Å². The Morgan fingerprint density at radius 3 is 2.42 bits per heavy atom. The van der Waals surface area contributed by atoms with Gasteiger partial charge in [-0.25, -0.2) is 4.39 Å². The van der Waals surface area contributed by atoms with Crippen LogP contribution in [0.25, 0.3) is 0 Å². The summed E-state index contributed by atoms with van der Waals surface area (Å²) in [6.45, 7) is 3.31. The topological polar surface area (TPSA) is 57.5 Å². The van der Waals surface area contributed by atoms with Crippen LogP contribution in [0.2, 0.25) is 0 Å². The maximum Gasteiger partial charge on any atom is 0.306 e. The Hall–Kier alpha value is -1.42. The van der Waals surface area contributed by atoms with E-state index >= 15 is 0 Å². The van der Waals surface area contributed by atoms with Gasteiger partial charge in [0.1, 0.15) is 5.82 Å². The van der Waals surface area contributed by atoms with Gasteiger partial charge < -0.3 is 10.2 Å². The second-order valence-corrected chi connectivity index (χ2v) is 5.45. The van der Waals surface area contributed by atoms with E-state index in [2.05, 4.69) is 0 Å². The Balaban J connectivity index is 2.29. The van der Waals surface area contributed by atoms with Gasteiger partial charge in [0, 0.05) is 5.92 Å². The number of rotatable bonds is 3. The van der Waals surface area contributed by atoms with Crippen LogP contribution in [0.3, 0.4) is 0 Å². The third-order valence-corrected chi connectivity index (χ3v) is 4.09. The number of halogens is 1. The van der Waals surface area contributed by atoms with Crippen molar-refractivity contribution in [1.29, 1.82) is 0 Å². The summed E-state index contributed by atoms with van der Waals surface area (Å²) in [6, 6.07) is 3.23. The number of carbonyl (C=O) groups is 1. The zero-order chi connectivity index (χ0) is 14.2. The van der Waals surface area contributed by atoms with Crippen LogP contribution in [0.5, 0.6) is 0 Å². The molecule has 1 saturated carbocycles. The van der Waals surface area contributed by atoms with E-state index in [0.29, 0.717) is 29.5 Å². The molecule has 0 aromatic heterocycles. The number of aliphatic hydroxyl groups excluding tert-OH is 1. The van der Waals surface area contributed by atoms with E-state index in [1.54, 1.807) is 26.0 Å². The number of hydrogen-bond acceptors (Lipinski definition) is 2. The zero-order valence-electron chi connectivity index (χ0n) is 11.2. The number of benzene rings is 1. The summed E-state index contributed by atoms with van der Waals surface area (Å²) in [4.78, 5) is 11.2. The fraction of sp³-hybridized carbons (Fsp3) is 0.533. The first-order chi connectivity index (χ1) is 8.91. The van der Waals surface area contributed by atoms with Gasteiger partial charge in [-0.1, -0.05) is 18.6 Å². The van der Waals surface area contributed by atoms with E-state index in [1.807, 2.05) is 0 Å². The van der Waals surface area contributed by atoms with Crippen molar-refractivity contribution in [3.8, 4) is 0 Å². The molecule has 1 aliphatic carbocycles. The van der Waals surface area contributed by atoms with Crippen LogP contribution >= 0.6 is 0 Å². The third-order valence-electron chi connectivity index (χ3n) is 4.09. The average Bonchev–Trinajstić information content (AvgIpc) is 2.83. The van der Waals surface area contributed by atoms with Crippen LogP contribution in [0.15, 0.2) is 12.1 Å². The first kappa shape index (κ1) is 14.0. The van der Waals surface area contributed by atoms with Crippen LogP contribution in [-0.4, -0.2) is 16.2 Å². The molecule has 2 rings (SSSR count). The minimum Gasteiger partial charge on any atom is -0.481 e. The lowest BCUT2D eigenvalue weighted by molar-refractivity contribution is -0.144. The number of aliphatic hydroxyl groups is 1. The minimum absolute atomic E-state index is 0.267. The van der Waals surface area contributed by atoms with Gasteiger partial charge in [-0.2, -0.15) is 0 Å². The zero-order valence-corrected chi connectivity index (χ0v) is 11.2. The molecule has 0 saturated heterocycles. The van der Waals surface area contributed by atoms with Crippen molar-refractivity contribution >= 4 is 5.97 Å². The lowest BCUT2D eigenvalue weighted by Gasteiger charge is -2.23. The molecule has 0 amide bonds. The van der Waals surface area contributed by atoms with Gasteiger partial charge in [-0.15, -0.1) is 0 Å². The van der Waals surface area contributed by atoms with E-state index in [4.69, 9.17) is 5.11 Å². The lowest BCUT2D eigenvalue weighted by atomic mass is 9.86. The smallest absolute Gasteiger partial charge is 0.306 e. The van der Waals surface area contributed by atoms with Crippen molar-refractivity contribution in [1.82, 2.24) is 0 Å². The molecule has 1 aromatic carbocycles. The first-order valence-electron chi connectivity index (χ1n) is 6.59. The SMILES string of the molecule is Cc1cc(C(O)C2CCCC2C(=O)O)cc(C)c1F. The monoisotopic (exact) mass is 266 g/mol. The number of carboxylic acids is 1. The summed E-state index contributed by atoms with van der Waals surface area (Å²) in [5.41, 5.74) is 1.59. The van der Waals surface area contributed by atoms with E-state index in [0.717, 1.165) is 6.42 Å². The molecule has 1 fully saturated rings. The van der Waals surface area contributed by atoms with Crippen molar-refractivity contribution in [2.24, 2.45) is 11.8 Å². The van der Waals surface area contributed by atoms with Crippen LogP contribution < -0.4 is 0 Å². The first-order valence-corrected chi connectivity index (χ1v) is 6.59. The van der Waals surface area contributed by atoms with Gasteiger partial charge in [-0.3, -0.25) is 4.79 Å². The molecule has 4 heteroatoms. The van der Waals surface area contributed by atoms with Crippen molar-refractivity contribution in [3.05, 3.63) is 34.6 Å². The predicted octanol–water partition coefficient (Wildman–Crippen LogP) is 2.98. The molecule has 2 N–H and O–H groups in total. The van der Waals surface area contributed by atoms with E-state index < -0.39 is 18.0 Å². The number of carboxylic acid groups (broad SMARTS) is 1. The Morgan fingerprint density at radius 2 is 1.89 bits per heavy atom. The summed E-state index contributed by atoms with van der Waals surface area (Å²) < 4.78 is 13.6. The van der Waals surface area contributed by atoms with E-state index in [9.17, 15) is 14.3 Å². The number of hydrogen-bond donors (Lipinski definition) is 2. The highest BCUT2D eigenvalue weighted by Crippen LogP contribution is 2.41. The summed E-state index contributed by atoms with van der Waals surface area (Å²) in [5.74, 6) is -1.89. The maximum absolute atomic E-state index is 13.6. The average molecular weight is 266 g/mol. The molecule has 0 spiro atoms. The van der Waals surface area contributed by atoms with Gasteiger partial charge in [0.25, 0.3) is 0 Å². The highest BCUT2D eigenvalue weighted by atomic mass is 19.1. The molecule has 19 heavy (non-hydrogen) atoms. The highest BCUT2D eigenvalue weighted by Gasteiger charge is 2.38. The normalized spacial score (nSPS) is 24.4. The van der Waals surface area contributed by atoms with Crippen molar-refractivity contribution < 1.29 is 19.4 Å². The summed E-state index contributed by atoms with van der Waals surface area (Å²) in [6.07, 6.45) is 1.29. The number of aliphatic carboxylic acids is 1.